The molecule has 0 radical (unpaired) electrons. The minimum Gasteiger partial charge on any atom is -0.412 e. The number of aromatic nitrogens is 2. The van der Waals surface area contributed by atoms with Crippen LogP contribution in [0.25, 0.3) is 0 Å². The predicted octanol–water partition coefficient (Wildman–Crippen LogP) is 0.240. The molecule has 0 saturated heterocycles. The molecule has 2 rings (SSSR count). The molecule has 0 spiro atoms. The summed E-state index contributed by atoms with van der Waals surface area (Å²) in [6, 6.07) is 7.99. The third-order valence-corrected chi connectivity index (χ3v) is 3.29. The van der Waals surface area contributed by atoms with Crippen molar-refractivity contribution in [2.75, 3.05) is 0 Å². The van der Waals surface area contributed by atoms with Crippen molar-refractivity contribution in [3.05, 3.63) is 36.5 Å². The zero-order valence-corrected chi connectivity index (χ0v) is 9.02. The van der Waals surface area contributed by atoms with Gasteiger partial charge in [0.05, 0.1) is 4.90 Å². The minimum atomic E-state index is -3.56. The van der Waals surface area contributed by atoms with Gasteiger partial charge in [-0.25, -0.2) is 13.0 Å². The maximum Gasteiger partial charge on any atom is 0.228 e. The maximum absolute atomic E-state index is 11.7. The van der Waals surface area contributed by atoms with E-state index in [1.54, 1.807) is 18.2 Å². The van der Waals surface area contributed by atoms with Crippen LogP contribution in [0.2, 0.25) is 0 Å². The Morgan fingerprint density at radius 3 is 2.25 bits per heavy atom. The Hall–Kier alpha value is -1.77. The highest BCUT2D eigenvalue weighted by Gasteiger charge is 2.20. The van der Waals surface area contributed by atoms with Crippen LogP contribution in [0.5, 0.6) is 0 Å². The molecule has 1 heterocycles. The second-order valence-corrected chi connectivity index (χ2v) is 4.46. The summed E-state index contributed by atoms with van der Waals surface area (Å²) in [6.07, 6.45) is 1.07. The molecule has 0 unspecified atom stereocenters. The van der Waals surface area contributed by atoms with E-state index in [0.29, 0.717) is 0 Å². The standard InChI is InChI=1S/C8H6N2O3S.H3N.H2O/c11-14(12,8-6-9-13-10-8)7-4-2-1-3-5-7;;/h1-6H;1H3;1H2. The molecule has 1 aromatic carbocycles. The van der Waals surface area contributed by atoms with E-state index < -0.39 is 9.84 Å². The predicted molar refractivity (Wildman–Crippen MR) is 54.8 cm³/mol. The smallest absolute Gasteiger partial charge is 0.228 e. The number of hydrogen-bond donors (Lipinski definition) is 1. The average Bonchev–Trinajstić information content (AvgIpc) is 2.72. The molecule has 0 atom stereocenters. The van der Waals surface area contributed by atoms with Gasteiger partial charge >= 0.3 is 0 Å². The van der Waals surface area contributed by atoms with E-state index in [1.807, 2.05) is 0 Å². The molecular weight excluding hydrogens is 234 g/mol. The second kappa shape index (κ2) is 5.35. The quantitative estimate of drug-likeness (QED) is 0.803. The molecule has 7 nitrogen and oxygen atoms in total. The highest BCUT2D eigenvalue weighted by atomic mass is 32.2. The zero-order valence-electron chi connectivity index (χ0n) is 8.20. The molecule has 5 N–H and O–H groups in total. The first kappa shape index (κ1) is 14.2. The summed E-state index contributed by atoms with van der Waals surface area (Å²) in [5.41, 5.74) is 0. The summed E-state index contributed by atoms with van der Waals surface area (Å²) < 4.78 is 27.7. The largest absolute Gasteiger partial charge is 0.412 e. The number of rotatable bonds is 2. The van der Waals surface area contributed by atoms with Crippen LogP contribution in [0, 0.1) is 0 Å². The van der Waals surface area contributed by atoms with E-state index in [-0.39, 0.29) is 21.5 Å². The van der Waals surface area contributed by atoms with Gasteiger partial charge in [-0.3, -0.25) is 0 Å². The first-order chi connectivity index (χ1) is 6.71. The summed E-state index contributed by atoms with van der Waals surface area (Å²) in [5.74, 6) is 0. The molecule has 2 aromatic rings. The van der Waals surface area contributed by atoms with Crippen molar-refractivity contribution in [3.63, 3.8) is 0 Å². The number of sulfone groups is 1. The van der Waals surface area contributed by atoms with Crippen LogP contribution in [0.4, 0.5) is 0 Å². The molecule has 0 aliphatic rings. The van der Waals surface area contributed by atoms with Crippen molar-refractivity contribution >= 4 is 9.84 Å². The normalized spacial score (nSPS) is 10.0. The topological polar surface area (TPSA) is 140 Å². The van der Waals surface area contributed by atoms with Crippen LogP contribution in [0.3, 0.4) is 0 Å². The number of benzene rings is 1. The van der Waals surface area contributed by atoms with E-state index in [4.69, 9.17) is 0 Å². The van der Waals surface area contributed by atoms with Gasteiger partial charge in [-0.05, 0) is 17.3 Å². The van der Waals surface area contributed by atoms with Gasteiger partial charge in [-0.15, -0.1) is 0 Å². The Balaban J connectivity index is 0.00000112. The highest BCUT2D eigenvalue weighted by Crippen LogP contribution is 2.16. The lowest BCUT2D eigenvalue weighted by Crippen LogP contribution is -2.01. The van der Waals surface area contributed by atoms with Crippen LogP contribution in [0.1, 0.15) is 0 Å². The average molecular weight is 245 g/mol. The fraction of sp³-hybridized carbons (Fsp3) is 0. The van der Waals surface area contributed by atoms with E-state index >= 15 is 0 Å². The zero-order chi connectivity index (χ0) is 10.0. The number of nitrogens with zero attached hydrogens (tertiary/aromatic N) is 2. The van der Waals surface area contributed by atoms with Crippen molar-refractivity contribution in [1.29, 1.82) is 0 Å². The third-order valence-electron chi connectivity index (χ3n) is 1.67. The van der Waals surface area contributed by atoms with Crippen LogP contribution in [0.15, 0.2) is 51.1 Å². The molecule has 0 aliphatic heterocycles. The fourth-order valence-electron chi connectivity index (χ4n) is 0.995. The van der Waals surface area contributed by atoms with Crippen molar-refractivity contribution in [2.24, 2.45) is 0 Å². The summed E-state index contributed by atoms with van der Waals surface area (Å²) in [4.78, 5) is 0.177. The summed E-state index contributed by atoms with van der Waals surface area (Å²) in [6.45, 7) is 0. The van der Waals surface area contributed by atoms with Gasteiger partial charge < -0.3 is 11.6 Å². The van der Waals surface area contributed by atoms with Gasteiger partial charge in [0.25, 0.3) is 0 Å². The monoisotopic (exact) mass is 245 g/mol. The van der Waals surface area contributed by atoms with Crippen LogP contribution in [-0.2, 0) is 9.84 Å². The number of hydrogen-bond acceptors (Lipinski definition) is 6. The lowest BCUT2D eigenvalue weighted by atomic mass is 10.4. The fourth-order valence-corrected chi connectivity index (χ4v) is 2.07. The van der Waals surface area contributed by atoms with Gasteiger partial charge in [0.1, 0.15) is 6.20 Å². The summed E-state index contributed by atoms with van der Waals surface area (Å²) in [7, 11) is -3.56. The first-order valence-corrected chi connectivity index (χ1v) is 5.27. The van der Waals surface area contributed by atoms with E-state index in [2.05, 4.69) is 14.9 Å². The maximum atomic E-state index is 11.7. The molecule has 16 heavy (non-hydrogen) atoms. The Kier molecular flexibility index (Phi) is 4.76. The SMILES string of the molecule is N.O.O=S(=O)(c1ccccc1)c1cnon1. The van der Waals surface area contributed by atoms with Crippen molar-refractivity contribution in [2.45, 2.75) is 9.92 Å². The van der Waals surface area contributed by atoms with Crippen LogP contribution < -0.4 is 6.15 Å². The van der Waals surface area contributed by atoms with E-state index in [0.717, 1.165) is 6.20 Å². The summed E-state index contributed by atoms with van der Waals surface area (Å²) in [5, 5.41) is 6.36. The molecule has 8 heteroatoms. The van der Waals surface area contributed by atoms with Gasteiger partial charge in [0.15, 0.2) is 0 Å². The van der Waals surface area contributed by atoms with Gasteiger partial charge in [0.2, 0.25) is 14.9 Å². The van der Waals surface area contributed by atoms with Gasteiger partial charge in [0, 0.05) is 0 Å². The van der Waals surface area contributed by atoms with Crippen LogP contribution in [-0.4, -0.2) is 24.2 Å². The molecule has 0 bridgehead atoms. The second-order valence-electron chi connectivity index (χ2n) is 2.56. The Bertz CT molecular complexity index is 509. The Morgan fingerprint density at radius 1 is 1.12 bits per heavy atom. The molecular formula is C8H11N3O4S. The van der Waals surface area contributed by atoms with Crippen molar-refractivity contribution in [3.8, 4) is 0 Å². The molecule has 0 amide bonds. The third kappa shape index (κ3) is 2.42. The molecule has 1 aromatic heterocycles. The minimum absolute atomic E-state index is 0. The Labute approximate surface area is 91.9 Å². The van der Waals surface area contributed by atoms with Crippen LogP contribution >= 0.6 is 0 Å². The summed E-state index contributed by atoms with van der Waals surface area (Å²) >= 11 is 0. The Morgan fingerprint density at radius 2 is 1.75 bits per heavy atom. The molecule has 88 valence electrons. The highest BCUT2D eigenvalue weighted by molar-refractivity contribution is 7.91. The lowest BCUT2D eigenvalue weighted by Gasteiger charge is -1.97. The first-order valence-electron chi connectivity index (χ1n) is 3.79. The van der Waals surface area contributed by atoms with Gasteiger partial charge in [-0.2, -0.15) is 0 Å². The van der Waals surface area contributed by atoms with Gasteiger partial charge in [-0.1, -0.05) is 23.4 Å². The molecule has 0 aliphatic carbocycles. The van der Waals surface area contributed by atoms with E-state index in [9.17, 15) is 8.42 Å². The van der Waals surface area contributed by atoms with E-state index in [1.165, 1.54) is 12.1 Å². The van der Waals surface area contributed by atoms with Crippen molar-refractivity contribution in [1.82, 2.24) is 16.5 Å². The van der Waals surface area contributed by atoms with Crippen molar-refractivity contribution < 1.29 is 18.5 Å². The molecule has 0 fully saturated rings. The lowest BCUT2D eigenvalue weighted by molar-refractivity contribution is 0.297. The molecule has 0 saturated carbocycles.